The van der Waals surface area contributed by atoms with Gasteiger partial charge in [-0.2, -0.15) is 4.31 Å². The molecule has 0 spiro atoms. The van der Waals surface area contributed by atoms with Gasteiger partial charge in [0, 0.05) is 44.0 Å². The molecule has 32 heavy (non-hydrogen) atoms. The summed E-state index contributed by atoms with van der Waals surface area (Å²) in [5, 5.41) is 0.742. The lowest BCUT2D eigenvalue weighted by Gasteiger charge is -2.34. The molecule has 1 amide bonds. The van der Waals surface area contributed by atoms with Crippen molar-refractivity contribution in [2.45, 2.75) is 57.5 Å². The summed E-state index contributed by atoms with van der Waals surface area (Å²) in [7, 11) is -3.59. The van der Waals surface area contributed by atoms with Crippen LogP contribution < -0.4 is 0 Å². The molecule has 0 bridgehead atoms. The molecule has 0 radical (unpaired) electrons. The smallest absolute Gasteiger partial charge is 0.243 e. The van der Waals surface area contributed by atoms with Crippen molar-refractivity contribution >= 4 is 27.7 Å². The third-order valence-corrected chi connectivity index (χ3v) is 8.72. The summed E-state index contributed by atoms with van der Waals surface area (Å²) in [5.74, 6) is 0.0393. The maximum Gasteiger partial charge on any atom is 0.243 e. The van der Waals surface area contributed by atoms with Gasteiger partial charge in [-0.3, -0.25) is 4.79 Å². The predicted octanol–water partition coefficient (Wildman–Crippen LogP) is 3.21. The predicted molar refractivity (Wildman–Crippen MR) is 128 cm³/mol. The Hall–Kier alpha value is -1.97. The zero-order valence-electron chi connectivity index (χ0n) is 19.7. The lowest BCUT2D eigenvalue weighted by molar-refractivity contribution is -0.132. The number of nitrogens with zero attached hydrogens (tertiary/aromatic N) is 4. The summed E-state index contributed by atoms with van der Waals surface area (Å²) < 4.78 is 28.0. The molecule has 0 atom stereocenters. The molecule has 0 aliphatic carbocycles. The SMILES string of the molecule is CSc1nc(C)c(CCC(=O)N2CCN(S(=O)(=O)c3c(C)cc(C)cc3C)CC2)c(C)n1. The Balaban J connectivity index is 1.63. The normalized spacial score (nSPS) is 15.2. The molecular formula is C23H32N4O3S2. The number of hydrogen-bond donors (Lipinski definition) is 0. The van der Waals surface area contributed by atoms with E-state index in [1.807, 2.05) is 53.0 Å². The number of benzene rings is 1. The average Bonchev–Trinajstić information content (AvgIpc) is 2.71. The van der Waals surface area contributed by atoms with Gasteiger partial charge in [-0.15, -0.1) is 0 Å². The minimum Gasteiger partial charge on any atom is -0.340 e. The van der Waals surface area contributed by atoms with E-state index in [4.69, 9.17) is 0 Å². The molecule has 1 saturated heterocycles. The second kappa shape index (κ2) is 9.89. The molecule has 1 aromatic heterocycles. The van der Waals surface area contributed by atoms with Gasteiger partial charge in [-0.05, 0) is 64.0 Å². The number of hydrogen-bond acceptors (Lipinski definition) is 6. The quantitative estimate of drug-likeness (QED) is 0.470. The molecule has 0 unspecified atom stereocenters. The zero-order chi connectivity index (χ0) is 23.6. The summed E-state index contributed by atoms with van der Waals surface area (Å²) in [6.45, 7) is 11.0. The lowest BCUT2D eigenvalue weighted by atomic mass is 10.1. The van der Waals surface area contributed by atoms with Crippen molar-refractivity contribution in [1.82, 2.24) is 19.2 Å². The molecule has 0 saturated carbocycles. The molecule has 1 aliphatic heterocycles. The highest BCUT2D eigenvalue weighted by Gasteiger charge is 2.32. The molecule has 0 N–H and O–H groups in total. The van der Waals surface area contributed by atoms with Crippen LogP contribution in [-0.4, -0.2) is 65.9 Å². The van der Waals surface area contributed by atoms with Crippen molar-refractivity contribution < 1.29 is 13.2 Å². The lowest BCUT2D eigenvalue weighted by Crippen LogP contribution is -2.50. The molecule has 1 aromatic carbocycles. The minimum atomic E-state index is -3.59. The van der Waals surface area contributed by atoms with Crippen LogP contribution in [0.2, 0.25) is 0 Å². The van der Waals surface area contributed by atoms with E-state index in [-0.39, 0.29) is 5.91 Å². The topological polar surface area (TPSA) is 83.5 Å². The van der Waals surface area contributed by atoms with Gasteiger partial charge < -0.3 is 4.90 Å². The van der Waals surface area contributed by atoms with Crippen LogP contribution in [0.5, 0.6) is 0 Å². The van der Waals surface area contributed by atoms with Crippen molar-refractivity contribution in [1.29, 1.82) is 0 Å². The van der Waals surface area contributed by atoms with Crippen molar-refractivity contribution in [3.05, 3.63) is 45.8 Å². The third-order valence-electron chi connectivity index (χ3n) is 5.97. The van der Waals surface area contributed by atoms with E-state index in [9.17, 15) is 13.2 Å². The number of rotatable bonds is 6. The van der Waals surface area contributed by atoms with Gasteiger partial charge in [0.1, 0.15) is 0 Å². The molecule has 7 nitrogen and oxygen atoms in total. The standard InChI is InChI=1S/C23H32N4O3S2/c1-15-13-16(2)22(17(3)14-15)32(29,30)27-11-9-26(10-12-27)21(28)8-7-20-18(4)24-23(31-6)25-19(20)5/h13-14H,7-12H2,1-6H3. The summed E-state index contributed by atoms with van der Waals surface area (Å²) in [4.78, 5) is 23.9. The average molecular weight is 477 g/mol. The molecular weight excluding hydrogens is 444 g/mol. The van der Waals surface area contributed by atoms with Crippen molar-refractivity contribution in [3.63, 3.8) is 0 Å². The highest BCUT2D eigenvalue weighted by atomic mass is 32.2. The van der Waals surface area contributed by atoms with Crippen LogP contribution in [0.3, 0.4) is 0 Å². The second-order valence-corrected chi connectivity index (χ2v) is 11.0. The first kappa shape index (κ1) is 24.7. The van der Waals surface area contributed by atoms with Gasteiger partial charge >= 0.3 is 0 Å². The Labute approximate surface area is 195 Å². The molecule has 2 aromatic rings. The van der Waals surface area contributed by atoms with Crippen molar-refractivity contribution in [3.8, 4) is 0 Å². The van der Waals surface area contributed by atoms with Crippen molar-refractivity contribution in [2.24, 2.45) is 0 Å². The second-order valence-electron chi connectivity index (χ2n) is 8.37. The van der Waals surface area contributed by atoms with E-state index < -0.39 is 10.0 Å². The monoisotopic (exact) mass is 476 g/mol. The number of aryl methyl sites for hydroxylation is 5. The van der Waals surface area contributed by atoms with E-state index in [0.717, 1.165) is 38.8 Å². The first-order chi connectivity index (χ1) is 15.0. The number of carbonyl (C=O) groups is 1. The number of piperazine rings is 1. The van der Waals surface area contributed by atoms with Crippen LogP contribution in [0.4, 0.5) is 0 Å². The van der Waals surface area contributed by atoms with Crippen LogP contribution in [0.15, 0.2) is 22.2 Å². The van der Waals surface area contributed by atoms with Gasteiger partial charge in [0.2, 0.25) is 15.9 Å². The van der Waals surface area contributed by atoms with Crippen LogP contribution in [0.25, 0.3) is 0 Å². The molecule has 1 aliphatic rings. The van der Waals surface area contributed by atoms with Gasteiger partial charge in [0.15, 0.2) is 5.16 Å². The zero-order valence-corrected chi connectivity index (χ0v) is 21.4. The molecule has 3 rings (SSSR count). The molecule has 1 fully saturated rings. The van der Waals surface area contributed by atoms with Crippen LogP contribution >= 0.6 is 11.8 Å². The largest absolute Gasteiger partial charge is 0.340 e. The Morgan fingerprint density at radius 3 is 2.00 bits per heavy atom. The van der Waals surface area contributed by atoms with E-state index >= 15 is 0 Å². The summed E-state index contributed by atoms with van der Waals surface area (Å²) in [6.07, 6.45) is 2.90. The highest BCUT2D eigenvalue weighted by molar-refractivity contribution is 7.98. The molecule has 174 valence electrons. The maximum absolute atomic E-state index is 13.3. The van der Waals surface area contributed by atoms with E-state index in [0.29, 0.717) is 43.9 Å². The van der Waals surface area contributed by atoms with E-state index in [2.05, 4.69) is 9.97 Å². The third kappa shape index (κ3) is 5.15. The van der Waals surface area contributed by atoms with E-state index in [1.165, 1.54) is 16.1 Å². The van der Waals surface area contributed by atoms with Gasteiger partial charge in [-0.1, -0.05) is 29.5 Å². The summed E-state index contributed by atoms with van der Waals surface area (Å²) in [6, 6.07) is 3.80. The highest BCUT2D eigenvalue weighted by Crippen LogP contribution is 2.26. The Morgan fingerprint density at radius 1 is 0.969 bits per heavy atom. The molecule has 9 heteroatoms. The number of sulfonamides is 1. The number of carbonyl (C=O) groups excluding carboxylic acids is 1. The van der Waals surface area contributed by atoms with Crippen LogP contribution in [0.1, 0.15) is 40.1 Å². The van der Waals surface area contributed by atoms with Gasteiger partial charge in [0.25, 0.3) is 0 Å². The number of thioether (sulfide) groups is 1. The van der Waals surface area contributed by atoms with E-state index in [1.54, 1.807) is 4.90 Å². The van der Waals surface area contributed by atoms with Gasteiger partial charge in [0.05, 0.1) is 4.90 Å². The summed E-state index contributed by atoms with van der Waals surface area (Å²) >= 11 is 1.50. The Bertz CT molecular complexity index is 1080. The van der Waals surface area contributed by atoms with Crippen molar-refractivity contribution in [2.75, 3.05) is 32.4 Å². The Kier molecular flexibility index (Phi) is 7.62. The fourth-order valence-electron chi connectivity index (χ4n) is 4.43. The molecule has 2 heterocycles. The van der Waals surface area contributed by atoms with Gasteiger partial charge in [-0.25, -0.2) is 18.4 Å². The summed E-state index contributed by atoms with van der Waals surface area (Å²) in [5.41, 5.74) is 5.42. The number of aromatic nitrogens is 2. The van der Waals surface area contributed by atoms with Crippen LogP contribution in [0, 0.1) is 34.6 Å². The maximum atomic E-state index is 13.3. The fourth-order valence-corrected chi connectivity index (χ4v) is 6.72. The Morgan fingerprint density at radius 2 is 1.50 bits per heavy atom. The minimum absolute atomic E-state index is 0.0393. The van der Waals surface area contributed by atoms with Crippen LogP contribution in [-0.2, 0) is 21.2 Å². The first-order valence-electron chi connectivity index (χ1n) is 10.8. The number of amides is 1. The fraction of sp³-hybridized carbons (Fsp3) is 0.522. The first-order valence-corrected chi connectivity index (χ1v) is 13.4.